The third-order valence-electron chi connectivity index (χ3n) is 4.69. The fourth-order valence-electron chi connectivity index (χ4n) is 3.14. The van der Waals surface area contributed by atoms with Crippen molar-refractivity contribution in [2.24, 2.45) is 0 Å². The molecule has 154 valence electrons. The van der Waals surface area contributed by atoms with Gasteiger partial charge in [-0.15, -0.1) is 0 Å². The number of sulfonamides is 1. The van der Waals surface area contributed by atoms with Crippen molar-refractivity contribution >= 4 is 27.5 Å². The monoisotopic (exact) mass is 418 g/mol. The number of fused-ring (bicyclic) bond motifs is 1. The van der Waals surface area contributed by atoms with Gasteiger partial charge in [0.2, 0.25) is 15.9 Å². The summed E-state index contributed by atoms with van der Waals surface area (Å²) < 4.78 is 27.6. The predicted molar refractivity (Wildman–Crippen MR) is 107 cm³/mol. The first kappa shape index (κ1) is 20.7. The summed E-state index contributed by atoms with van der Waals surface area (Å²) >= 11 is 0. The number of pyridine rings is 1. The third kappa shape index (κ3) is 4.22. The molecule has 9 nitrogen and oxygen atoms in total. The molecule has 2 N–H and O–H groups in total. The molecule has 0 bridgehead atoms. The van der Waals surface area contributed by atoms with Gasteiger partial charge in [0.25, 0.3) is 11.5 Å². The van der Waals surface area contributed by atoms with Gasteiger partial charge >= 0.3 is 0 Å². The fraction of sp³-hybridized carbons (Fsp3) is 0.316. The van der Waals surface area contributed by atoms with E-state index in [4.69, 9.17) is 0 Å². The van der Waals surface area contributed by atoms with Crippen LogP contribution in [0, 0.1) is 0 Å². The fourth-order valence-corrected chi connectivity index (χ4v) is 4.62. The van der Waals surface area contributed by atoms with Crippen LogP contribution >= 0.6 is 0 Å². The molecule has 29 heavy (non-hydrogen) atoms. The summed E-state index contributed by atoms with van der Waals surface area (Å²) in [6, 6.07) is 7.35. The molecule has 10 heteroatoms. The van der Waals surface area contributed by atoms with Crippen LogP contribution in [0.3, 0.4) is 0 Å². The second kappa shape index (κ2) is 8.18. The van der Waals surface area contributed by atoms with Crippen LogP contribution in [0.4, 0.5) is 5.69 Å². The third-order valence-corrected chi connectivity index (χ3v) is 6.72. The highest BCUT2D eigenvalue weighted by molar-refractivity contribution is 7.89. The number of carbonyl (C=O) groups excluding carboxylic acids is 2. The molecule has 2 amide bonds. The van der Waals surface area contributed by atoms with Crippen molar-refractivity contribution in [3.63, 3.8) is 0 Å². The van der Waals surface area contributed by atoms with Gasteiger partial charge in [-0.05, 0) is 23.8 Å². The molecule has 0 saturated heterocycles. The van der Waals surface area contributed by atoms with Crippen LogP contribution in [-0.2, 0) is 27.9 Å². The van der Waals surface area contributed by atoms with E-state index >= 15 is 0 Å². The number of hydrogen-bond acceptors (Lipinski definition) is 5. The normalized spacial score (nSPS) is 13.3. The number of hydrogen-bond donors (Lipinski definition) is 2. The highest BCUT2D eigenvalue weighted by Crippen LogP contribution is 2.20. The van der Waals surface area contributed by atoms with E-state index in [-0.39, 0.29) is 17.3 Å². The number of benzene rings is 1. The second-order valence-electron chi connectivity index (χ2n) is 6.52. The van der Waals surface area contributed by atoms with E-state index in [9.17, 15) is 22.8 Å². The van der Waals surface area contributed by atoms with Gasteiger partial charge < -0.3 is 15.2 Å². The van der Waals surface area contributed by atoms with E-state index in [1.807, 2.05) is 0 Å². The molecule has 0 atom stereocenters. The van der Waals surface area contributed by atoms with Crippen LogP contribution in [0.1, 0.15) is 29.8 Å². The molecular weight excluding hydrogens is 396 g/mol. The van der Waals surface area contributed by atoms with Crippen LogP contribution < -0.4 is 16.2 Å². The van der Waals surface area contributed by atoms with E-state index < -0.39 is 21.5 Å². The van der Waals surface area contributed by atoms with Crippen molar-refractivity contribution in [2.75, 3.05) is 18.4 Å². The number of anilines is 1. The molecule has 3 rings (SSSR count). The SMILES string of the molecule is CCN(CC)S(=O)(=O)c1ccc(=O)n(CC(=O)Nc2ccc3c(c2)C(=O)NC3)c1. The van der Waals surface area contributed by atoms with Crippen LogP contribution in [0.2, 0.25) is 0 Å². The Balaban J connectivity index is 1.80. The maximum atomic E-state index is 12.6. The van der Waals surface area contributed by atoms with E-state index in [2.05, 4.69) is 10.6 Å². The topological polar surface area (TPSA) is 118 Å². The molecular formula is C19H22N4O5S. The van der Waals surface area contributed by atoms with Gasteiger partial charge in [-0.25, -0.2) is 8.42 Å². The van der Waals surface area contributed by atoms with Gasteiger partial charge in [-0.2, -0.15) is 4.31 Å². The summed E-state index contributed by atoms with van der Waals surface area (Å²) in [5.41, 5.74) is 1.27. The maximum absolute atomic E-state index is 12.6. The maximum Gasteiger partial charge on any atom is 0.251 e. The summed E-state index contributed by atoms with van der Waals surface area (Å²) in [5, 5.41) is 5.33. The molecule has 0 fully saturated rings. The van der Waals surface area contributed by atoms with E-state index in [0.29, 0.717) is 30.9 Å². The predicted octanol–water partition coefficient (Wildman–Crippen LogP) is 0.761. The van der Waals surface area contributed by atoms with Crippen molar-refractivity contribution in [2.45, 2.75) is 31.8 Å². The Morgan fingerprint density at radius 1 is 1.17 bits per heavy atom. The minimum Gasteiger partial charge on any atom is -0.348 e. The van der Waals surface area contributed by atoms with Crippen LogP contribution in [0.15, 0.2) is 46.2 Å². The Morgan fingerprint density at radius 3 is 2.59 bits per heavy atom. The first-order valence-electron chi connectivity index (χ1n) is 9.18. The molecule has 0 radical (unpaired) electrons. The number of aromatic nitrogens is 1. The lowest BCUT2D eigenvalue weighted by Gasteiger charge is -2.19. The number of carbonyl (C=O) groups is 2. The zero-order chi connectivity index (χ0) is 21.2. The molecule has 0 saturated carbocycles. The Bertz CT molecular complexity index is 1120. The minimum absolute atomic E-state index is 0.0530. The van der Waals surface area contributed by atoms with Crippen LogP contribution in [-0.4, -0.2) is 42.2 Å². The Morgan fingerprint density at radius 2 is 1.90 bits per heavy atom. The van der Waals surface area contributed by atoms with Crippen LogP contribution in [0.25, 0.3) is 0 Å². The molecule has 2 heterocycles. The Kier molecular flexibility index (Phi) is 5.85. The first-order chi connectivity index (χ1) is 13.8. The molecule has 1 aliphatic rings. The lowest BCUT2D eigenvalue weighted by Crippen LogP contribution is -2.33. The van der Waals surface area contributed by atoms with E-state index in [1.54, 1.807) is 32.0 Å². The second-order valence-corrected chi connectivity index (χ2v) is 8.46. The average molecular weight is 418 g/mol. The van der Waals surface area contributed by atoms with Crippen LogP contribution in [0.5, 0.6) is 0 Å². The van der Waals surface area contributed by atoms with Gasteiger partial charge in [0.1, 0.15) is 6.54 Å². The van der Waals surface area contributed by atoms with Crippen molar-refractivity contribution in [1.29, 1.82) is 0 Å². The van der Waals surface area contributed by atoms with Gasteiger partial charge in [-0.3, -0.25) is 14.4 Å². The number of rotatable bonds is 7. The van der Waals surface area contributed by atoms with Gasteiger partial charge in [-0.1, -0.05) is 19.9 Å². The van der Waals surface area contributed by atoms with Gasteiger partial charge in [0.15, 0.2) is 0 Å². The molecule has 1 aliphatic heterocycles. The Hall–Kier alpha value is -2.98. The number of nitrogens with zero attached hydrogens (tertiary/aromatic N) is 2. The highest BCUT2D eigenvalue weighted by atomic mass is 32.2. The zero-order valence-electron chi connectivity index (χ0n) is 16.1. The van der Waals surface area contributed by atoms with Gasteiger partial charge in [0, 0.05) is 43.1 Å². The summed E-state index contributed by atoms with van der Waals surface area (Å²) in [6.45, 7) is 4.13. The lowest BCUT2D eigenvalue weighted by atomic mass is 10.1. The summed E-state index contributed by atoms with van der Waals surface area (Å²) in [4.78, 5) is 36.2. The first-order valence-corrected chi connectivity index (χ1v) is 10.6. The van der Waals surface area contributed by atoms with E-state index in [1.165, 1.54) is 16.6 Å². The van der Waals surface area contributed by atoms with E-state index in [0.717, 1.165) is 16.2 Å². The summed E-state index contributed by atoms with van der Waals surface area (Å²) in [5.74, 6) is -0.718. The zero-order valence-corrected chi connectivity index (χ0v) is 17.0. The number of nitrogens with one attached hydrogen (secondary N) is 2. The highest BCUT2D eigenvalue weighted by Gasteiger charge is 2.23. The molecule has 1 aromatic carbocycles. The van der Waals surface area contributed by atoms with Crippen molar-refractivity contribution in [1.82, 2.24) is 14.2 Å². The van der Waals surface area contributed by atoms with Crippen molar-refractivity contribution < 1.29 is 18.0 Å². The van der Waals surface area contributed by atoms with Crippen molar-refractivity contribution in [3.8, 4) is 0 Å². The molecule has 0 spiro atoms. The largest absolute Gasteiger partial charge is 0.348 e. The molecule has 2 aromatic rings. The smallest absolute Gasteiger partial charge is 0.251 e. The molecule has 1 aromatic heterocycles. The Labute approximate surface area is 168 Å². The molecule has 0 unspecified atom stereocenters. The quantitative estimate of drug-likeness (QED) is 0.688. The van der Waals surface area contributed by atoms with Crippen molar-refractivity contribution in [3.05, 3.63) is 58.0 Å². The standard InChI is InChI=1S/C19H22N4O5S/c1-3-23(4-2)29(27,28)15-7-8-18(25)22(11-15)12-17(24)21-14-6-5-13-10-20-19(26)16(13)9-14/h5-9,11H,3-4,10,12H2,1-2H3,(H,20,26)(H,21,24). The minimum atomic E-state index is -3.75. The summed E-state index contributed by atoms with van der Waals surface area (Å²) in [6.07, 6.45) is 1.17. The molecule has 0 aliphatic carbocycles. The summed E-state index contributed by atoms with van der Waals surface area (Å²) in [7, 11) is -3.75. The van der Waals surface area contributed by atoms with Gasteiger partial charge in [0.05, 0.1) is 4.90 Å². The lowest BCUT2D eigenvalue weighted by molar-refractivity contribution is -0.116. The average Bonchev–Trinajstić information content (AvgIpc) is 3.04. The number of amides is 2.